The number of carbonyl (C=O) groups excluding carboxylic acids is 1. The minimum atomic E-state index is -0.185. The molecule has 0 bridgehead atoms. The third-order valence-electron chi connectivity index (χ3n) is 4.51. The first-order chi connectivity index (χ1) is 11.6. The Hall–Kier alpha value is -2.34. The maximum Gasteiger partial charge on any atom is 0.244 e. The lowest BCUT2D eigenvalue weighted by atomic mass is 10.1. The average molecular weight is 328 g/mol. The lowest BCUT2D eigenvalue weighted by molar-refractivity contribution is -0.119. The van der Waals surface area contributed by atoms with Gasteiger partial charge in [0.05, 0.1) is 25.0 Å². The summed E-state index contributed by atoms with van der Waals surface area (Å²) in [7, 11) is 1.63. The van der Waals surface area contributed by atoms with Crippen molar-refractivity contribution in [2.75, 3.05) is 18.6 Å². The third-order valence-corrected chi connectivity index (χ3v) is 4.51. The average Bonchev–Trinajstić information content (AvgIpc) is 3.22. The zero-order valence-corrected chi connectivity index (χ0v) is 14.4. The molecule has 2 atom stereocenters. The van der Waals surface area contributed by atoms with E-state index in [0.29, 0.717) is 6.54 Å². The van der Waals surface area contributed by atoms with Crippen molar-refractivity contribution in [1.82, 2.24) is 15.1 Å². The van der Waals surface area contributed by atoms with E-state index >= 15 is 0 Å². The van der Waals surface area contributed by atoms with Crippen LogP contribution in [-0.2, 0) is 11.3 Å². The van der Waals surface area contributed by atoms with Gasteiger partial charge in [0.25, 0.3) is 0 Å². The van der Waals surface area contributed by atoms with E-state index in [1.807, 2.05) is 41.3 Å². The quantitative estimate of drug-likeness (QED) is 0.884. The number of aryl methyl sites for hydroxylation is 1. The number of hydrogen-bond acceptors (Lipinski definition) is 4. The number of nitrogens with zero attached hydrogens (tertiary/aromatic N) is 3. The molecule has 6 heteroatoms. The van der Waals surface area contributed by atoms with Crippen LogP contribution in [0.4, 0.5) is 5.69 Å². The molecule has 1 N–H and O–H groups in total. The molecule has 2 heterocycles. The van der Waals surface area contributed by atoms with Gasteiger partial charge in [-0.05, 0) is 32.4 Å². The second-order valence-corrected chi connectivity index (χ2v) is 6.02. The van der Waals surface area contributed by atoms with Crippen LogP contribution in [0.25, 0.3) is 0 Å². The zero-order valence-electron chi connectivity index (χ0n) is 14.4. The van der Waals surface area contributed by atoms with Crippen molar-refractivity contribution in [3.63, 3.8) is 0 Å². The van der Waals surface area contributed by atoms with Crippen LogP contribution in [0.1, 0.15) is 31.9 Å². The third kappa shape index (κ3) is 3.14. The fourth-order valence-electron chi connectivity index (χ4n) is 3.10. The summed E-state index contributed by atoms with van der Waals surface area (Å²) >= 11 is 0. The number of aromatic nitrogens is 2. The lowest BCUT2D eigenvalue weighted by Gasteiger charge is -2.21. The number of rotatable bonds is 6. The number of hydrogen-bond donors (Lipinski definition) is 1. The largest absolute Gasteiger partial charge is 0.495 e. The van der Waals surface area contributed by atoms with E-state index in [9.17, 15) is 4.79 Å². The number of methoxy groups -OCH3 is 1. The van der Waals surface area contributed by atoms with E-state index in [1.54, 1.807) is 12.0 Å². The number of anilines is 1. The highest BCUT2D eigenvalue weighted by Crippen LogP contribution is 2.31. The second kappa shape index (κ2) is 7.05. The molecule has 1 saturated heterocycles. The lowest BCUT2D eigenvalue weighted by Crippen LogP contribution is -2.39. The Balaban J connectivity index is 1.70. The van der Waals surface area contributed by atoms with Crippen molar-refractivity contribution in [3.05, 3.63) is 42.2 Å². The minimum absolute atomic E-state index is 0.0804. The SMILES string of the molecule is CCn1cc([C@H](C)N[C@@H]2CCN(c3ccccc3OC)C2=O)cn1. The second-order valence-electron chi connectivity index (χ2n) is 6.02. The molecule has 3 rings (SSSR count). The van der Waals surface area contributed by atoms with Crippen LogP contribution >= 0.6 is 0 Å². The van der Waals surface area contributed by atoms with Gasteiger partial charge in [0, 0.05) is 30.9 Å². The van der Waals surface area contributed by atoms with Gasteiger partial charge < -0.3 is 9.64 Å². The Morgan fingerprint density at radius 1 is 1.42 bits per heavy atom. The van der Waals surface area contributed by atoms with Crippen molar-refractivity contribution < 1.29 is 9.53 Å². The van der Waals surface area contributed by atoms with Gasteiger partial charge in [-0.1, -0.05) is 12.1 Å². The highest BCUT2D eigenvalue weighted by atomic mass is 16.5. The molecule has 1 fully saturated rings. The van der Waals surface area contributed by atoms with Crippen molar-refractivity contribution >= 4 is 11.6 Å². The minimum Gasteiger partial charge on any atom is -0.495 e. The molecular formula is C18H24N4O2. The predicted molar refractivity (Wildman–Crippen MR) is 93.2 cm³/mol. The van der Waals surface area contributed by atoms with E-state index in [4.69, 9.17) is 4.74 Å². The van der Waals surface area contributed by atoms with Gasteiger partial charge in [-0.15, -0.1) is 0 Å². The molecule has 0 saturated carbocycles. The fourth-order valence-corrected chi connectivity index (χ4v) is 3.10. The van der Waals surface area contributed by atoms with E-state index in [2.05, 4.69) is 24.3 Å². The molecule has 1 aliphatic rings. The number of para-hydroxylation sites is 2. The Labute approximate surface area is 142 Å². The standard InChI is InChI=1S/C18H24N4O2/c1-4-21-12-14(11-19-21)13(2)20-15-9-10-22(18(15)23)16-7-5-6-8-17(16)24-3/h5-8,11-13,15,20H,4,9-10H2,1-3H3/t13-,15+/m0/s1. The molecular weight excluding hydrogens is 304 g/mol. The summed E-state index contributed by atoms with van der Waals surface area (Å²) in [6.07, 6.45) is 4.66. The Bertz CT molecular complexity index is 713. The van der Waals surface area contributed by atoms with Gasteiger partial charge in [0.15, 0.2) is 0 Å². The zero-order chi connectivity index (χ0) is 17.1. The monoisotopic (exact) mass is 328 g/mol. The van der Waals surface area contributed by atoms with Crippen LogP contribution in [0.3, 0.4) is 0 Å². The highest BCUT2D eigenvalue weighted by molar-refractivity contribution is 6.00. The summed E-state index contributed by atoms with van der Waals surface area (Å²) in [6.45, 7) is 5.66. The number of nitrogens with one attached hydrogen (secondary N) is 1. The summed E-state index contributed by atoms with van der Waals surface area (Å²) < 4.78 is 7.28. The summed E-state index contributed by atoms with van der Waals surface area (Å²) in [5.74, 6) is 0.818. The van der Waals surface area contributed by atoms with Gasteiger partial charge in [-0.2, -0.15) is 5.10 Å². The van der Waals surface area contributed by atoms with Crippen LogP contribution in [0.2, 0.25) is 0 Å². The van der Waals surface area contributed by atoms with E-state index in [-0.39, 0.29) is 18.0 Å². The van der Waals surface area contributed by atoms with Crippen LogP contribution in [0.15, 0.2) is 36.7 Å². The molecule has 1 aromatic carbocycles. The molecule has 0 aliphatic carbocycles. The maximum absolute atomic E-state index is 12.8. The molecule has 1 amide bonds. The van der Waals surface area contributed by atoms with Gasteiger partial charge in [-0.25, -0.2) is 0 Å². The number of amides is 1. The van der Waals surface area contributed by atoms with Crippen LogP contribution in [0, 0.1) is 0 Å². The predicted octanol–water partition coefficient (Wildman–Crippen LogP) is 2.37. The molecule has 24 heavy (non-hydrogen) atoms. The van der Waals surface area contributed by atoms with Crippen LogP contribution in [-0.4, -0.2) is 35.4 Å². The Morgan fingerprint density at radius 2 is 2.21 bits per heavy atom. The van der Waals surface area contributed by atoms with Gasteiger partial charge in [0.1, 0.15) is 5.75 Å². The summed E-state index contributed by atoms with van der Waals surface area (Å²) in [5, 5.41) is 7.73. The summed E-state index contributed by atoms with van der Waals surface area (Å²) in [6, 6.07) is 7.53. The molecule has 1 aromatic heterocycles. The first-order valence-electron chi connectivity index (χ1n) is 8.36. The molecule has 6 nitrogen and oxygen atoms in total. The van der Waals surface area contributed by atoms with Crippen molar-refractivity contribution in [2.24, 2.45) is 0 Å². The van der Waals surface area contributed by atoms with Gasteiger partial charge in [0.2, 0.25) is 5.91 Å². The molecule has 0 radical (unpaired) electrons. The number of benzene rings is 1. The Morgan fingerprint density at radius 3 is 2.92 bits per heavy atom. The molecule has 0 unspecified atom stereocenters. The normalized spacial score (nSPS) is 18.9. The van der Waals surface area contributed by atoms with Crippen molar-refractivity contribution in [1.29, 1.82) is 0 Å². The van der Waals surface area contributed by atoms with Crippen molar-refractivity contribution in [2.45, 2.75) is 38.9 Å². The number of carbonyl (C=O) groups is 1. The smallest absolute Gasteiger partial charge is 0.244 e. The summed E-state index contributed by atoms with van der Waals surface area (Å²) in [4.78, 5) is 14.6. The Kier molecular flexibility index (Phi) is 4.85. The number of ether oxygens (including phenoxy) is 1. The molecule has 2 aromatic rings. The van der Waals surface area contributed by atoms with Crippen LogP contribution in [0.5, 0.6) is 5.75 Å². The van der Waals surface area contributed by atoms with E-state index in [0.717, 1.165) is 30.0 Å². The first-order valence-corrected chi connectivity index (χ1v) is 8.36. The van der Waals surface area contributed by atoms with Crippen LogP contribution < -0.4 is 15.0 Å². The molecule has 128 valence electrons. The van der Waals surface area contributed by atoms with E-state index in [1.165, 1.54) is 0 Å². The molecule has 0 spiro atoms. The molecule has 1 aliphatic heterocycles. The maximum atomic E-state index is 12.8. The van der Waals surface area contributed by atoms with Gasteiger partial charge in [-0.3, -0.25) is 14.8 Å². The fraction of sp³-hybridized carbons (Fsp3) is 0.444. The van der Waals surface area contributed by atoms with Gasteiger partial charge >= 0.3 is 0 Å². The topological polar surface area (TPSA) is 59.4 Å². The van der Waals surface area contributed by atoms with E-state index < -0.39 is 0 Å². The highest BCUT2D eigenvalue weighted by Gasteiger charge is 2.34. The first kappa shape index (κ1) is 16.5. The summed E-state index contributed by atoms with van der Waals surface area (Å²) in [5.41, 5.74) is 1.93. The van der Waals surface area contributed by atoms with Crippen molar-refractivity contribution in [3.8, 4) is 5.75 Å².